The molecule has 1 atom stereocenters. The predicted molar refractivity (Wildman–Crippen MR) is 122 cm³/mol. The zero-order chi connectivity index (χ0) is 21.4. The molecular formula is C24H23N3O2S. The summed E-state index contributed by atoms with van der Waals surface area (Å²) in [5.74, 6) is -0.0738. The summed E-state index contributed by atoms with van der Waals surface area (Å²) in [6.45, 7) is 3.38. The molecule has 0 aliphatic carbocycles. The number of anilines is 1. The van der Waals surface area contributed by atoms with E-state index in [0.29, 0.717) is 20.6 Å². The Bertz CT molecular complexity index is 1310. The minimum Gasteiger partial charge on any atom is -0.378 e. The molecule has 2 aromatic carbocycles. The van der Waals surface area contributed by atoms with Gasteiger partial charge in [-0.05, 0) is 43.2 Å². The topological polar surface area (TPSA) is 54.7 Å². The van der Waals surface area contributed by atoms with Crippen LogP contribution in [0.3, 0.4) is 0 Å². The summed E-state index contributed by atoms with van der Waals surface area (Å²) in [7, 11) is 3.96. The molecule has 3 aromatic rings. The normalized spacial score (nSPS) is 16.3. The number of fused-ring (bicyclic) bond motifs is 1. The molecule has 1 aliphatic rings. The molecule has 152 valence electrons. The van der Waals surface area contributed by atoms with Crippen molar-refractivity contribution in [3.63, 3.8) is 0 Å². The lowest BCUT2D eigenvalue weighted by Gasteiger charge is -2.25. The average molecular weight is 418 g/mol. The fourth-order valence-electron chi connectivity index (χ4n) is 3.74. The van der Waals surface area contributed by atoms with Gasteiger partial charge in [0.15, 0.2) is 10.6 Å². The molecule has 0 N–H and O–H groups in total. The Balaban J connectivity index is 1.95. The first-order valence-corrected chi connectivity index (χ1v) is 10.5. The molecule has 0 amide bonds. The van der Waals surface area contributed by atoms with Crippen LogP contribution in [0.15, 0.2) is 75.7 Å². The number of hydrogen-bond donors (Lipinski definition) is 0. The molecule has 6 heteroatoms. The third-order valence-corrected chi connectivity index (χ3v) is 6.21. The van der Waals surface area contributed by atoms with Gasteiger partial charge in [0.25, 0.3) is 5.56 Å². The Morgan fingerprint density at radius 3 is 2.37 bits per heavy atom. The van der Waals surface area contributed by atoms with Gasteiger partial charge in [0, 0.05) is 31.1 Å². The van der Waals surface area contributed by atoms with Crippen molar-refractivity contribution in [1.29, 1.82) is 0 Å². The molecule has 0 spiro atoms. The largest absolute Gasteiger partial charge is 0.378 e. The number of thiazole rings is 1. The van der Waals surface area contributed by atoms with Crippen LogP contribution >= 0.6 is 11.3 Å². The summed E-state index contributed by atoms with van der Waals surface area (Å²) < 4.78 is 2.26. The number of ketones is 1. The molecule has 0 bridgehead atoms. The third-order valence-electron chi connectivity index (χ3n) is 5.22. The molecule has 30 heavy (non-hydrogen) atoms. The first kappa shape index (κ1) is 20.0. The highest BCUT2D eigenvalue weighted by atomic mass is 32.1. The van der Waals surface area contributed by atoms with Gasteiger partial charge in [-0.15, -0.1) is 0 Å². The Morgan fingerprint density at radius 2 is 1.77 bits per heavy atom. The summed E-state index contributed by atoms with van der Waals surface area (Å²) in [6, 6.07) is 17.2. The Kier molecular flexibility index (Phi) is 5.26. The number of Topliss-reactive ketones (excluding diaryl/α,β-unsaturated/α-hetero) is 1. The zero-order valence-corrected chi connectivity index (χ0v) is 18.2. The van der Waals surface area contributed by atoms with Gasteiger partial charge in [0.2, 0.25) is 0 Å². The van der Waals surface area contributed by atoms with Crippen LogP contribution in [0.4, 0.5) is 5.69 Å². The van der Waals surface area contributed by atoms with Gasteiger partial charge in [-0.25, -0.2) is 4.99 Å². The quantitative estimate of drug-likeness (QED) is 0.656. The molecule has 0 unspecified atom stereocenters. The van der Waals surface area contributed by atoms with Gasteiger partial charge >= 0.3 is 0 Å². The highest BCUT2D eigenvalue weighted by molar-refractivity contribution is 7.07. The molecule has 0 fully saturated rings. The van der Waals surface area contributed by atoms with E-state index in [2.05, 4.69) is 4.99 Å². The van der Waals surface area contributed by atoms with Crippen molar-refractivity contribution >= 4 is 28.9 Å². The molecule has 4 rings (SSSR count). The number of hydrogen-bond acceptors (Lipinski definition) is 5. The van der Waals surface area contributed by atoms with E-state index in [1.807, 2.05) is 86.6 Å². The second-order valence-electron chi connectivity index (χ2n) is 7.53. The molecular weight excluding hydrogens is 394 g/mol. The van der Waals surface area contributed by atoms with E-state index in [4.69, 9.17) is 0 Å². The van der Waals surface area contributed by atoms with Crippen molar-refractivity contribution in [1.82, 2.24) is 4.57 Å². The van der Waals surface area contributed by atoms with Gasteiger partial charge < -0.3 is 4.90 Å². The molecule has 0 saturated carbocycles. The zero-order valence-electron chi connectivity index (χ0n) is 17.4. The smallest absolute Gasteiger partial charge is 0.271 e. The van der Waals surface area contributed by atoms with Crippen LogP contribution < -0.4 is 19.8 Å². The van der Waals surface area contributed by atoms with E-state index in [1.54, 1.807) is 4.57 Å². The molecule has 1 aromatic heterocycles. The lowest BCUT2D eigenvalue weighted by atomic mass is 9.93. The minimum absolute atomic E-state index is 0.0738. The predicted octanol–water partition coefficient (Wildman–Crippen LogP) is 2.89. The lowest BCUT2D eigenvalue weighted by molar-refractivity contribution is -0.114. The maximum Gasteiger partial charge on any atom is 0.271 e. The average Bonchev–Trinajstić information content (AvgIpc) is 3.02. The van der Waals surface area contributed by atoms with Crippen molar-refractivity contribution in [3.8, 4) is 0 Å². The molecule has 2 heterocycles. The van der Waals surface area contributed by atoms with Crippen molar-refractivity contribution < 1.29 is 4.79 Å². The number of nitrogens with zero attached hydrogens (tertiary/aromatic N) is 3. The van der Waals surface area contributed by atoms with E-state index >= 15 is 0 Å². The van der Waals surface area contributed by atoms with E-state index in [-0.39, 0.29) is 11.3 Å². The fraction of sp³-hybridized carbons (Fsp3) is 0.208. The summed E-state index contributed by atoms with van der Waals surface area (Å²) in [4.78, 5) is 33.2. The summed E-state index contributed by atoms with van der Waals surface area (Å²) >= 11 is 1.36. The van der Waals surface area contributed by atoms with Gasteiger partial charge in [0.05, 0.1) is 10.6 Å². The second kappa shape index (κ2) is 7.88. The number of carbonyl (C=O) groups is 1. The van der Waals surface area contributed by atoms with E-state index in [1.165, 1.54) is 18.3 Å². The first-order valence-electron chi connectivity index (χ1n) is 9.72. The monoisotopic (exact) mass is 417 g/mol. The van der Waals surface area contributed by atoms with Crippen LogP contribution in [0.5, 0.6) is 0 Å². The number of allylic oxidation sites excluding steroid dienone is 2. The van der Waals surface area contributed by atoms with E-state index in [9.17, 15) is 9.59 Å². The highest BCUT2D eigenvalue weighted by Crippen LogP contribution is 2.31. The summed E-state index contributed by atoms with van der Waals surface area (Å²) in [5, 5.41) is 0. The summed E-state index contributed by atoms with van der Waals surface area (Å²) in [6.07, 6.45) is 1.88. The van der Waals surface area contributed by atoms with Crippen molar-refractivity contribution in [2.24, 2.45) is 4.99 Å². The number of benzene rings is 2. The molecule has 1 aliphatic heterocycles. The second-order valence-corrected chi connectivity index (χ2v) is 8.54. The SMILES string of the molecule is CC(=O)C1=C(C)N=c2s/c(=C/c3ccccc3)c(=O)n2[C@H]1c1ccc(N(C)C)cc1. The van der Waals surface area contributed by atoms with Crippen LogP contribution in [0.1, 0.15) is 31.0 Å². The molecule has 0 radical (unpaired) electrons. The first-order chi connectivity index (χ1) is 14.4. The Morgan fingerprint density at radius 1 is 1.10 bits per heavy atom. The lowest BCUT2D eigenvalue weighted by Crippen LogP contribution is -2.39. The van der Waals surface area contributed by atoms with Crippen LogP contribution in [0.2, 0.25) is 0 Å². The van der Waals surface area contributed by atoms with Crippen molar-refractivity contribution in [2.75, 3.05) is 19.0 Å². The Labute approximate surface area is 178 Å². The van der Waals surface area contributed by atoms with Crippen LogP contribution in [-0.4, -0.2) is 24.4 Å². The number of carbonyl (C=O) groups excluding carboxylic acids is 1. The van der Waals surface area contributed by atoms with Crippen LogP contribution in [0.25, 0.3) is 6.08 Å². The third kappa shape index (κ3) is 3.55. The molecule has 5 nitrogen and oxygen atoms in total. The number of rotatable bonds is 4. The van der Waals surface area contributed by atoms with E-state index < -0.39 is 6.04 Å². The van der Waals surface area contributed by atoms with Crippen molar-refractivity contribution in [2.45, 2.75) is 19.9 Å². The van der Waals surface area contributed by atoms with Gasteiger partial charge in [-0.3, -0.25) is 14.2 Å². The number of aromatic nitrogens is 1. The highest BCUT2D eigenvalue weighted by Gasteiger charge is 2.30. The van der Waals surface area contributed by atoms with Crippen LogP contribution in [0, 0.1) is 0 Å². The standard InChI is InChI=1S/C24H23N3O2S/c1-15-21(16(2)28)22(18-10-12-19(13-11-18)26(3)4)27-23(29)20(30-24(27)25-15)14-17-8-6-5-7-9-17/h5-14,22H,1-4H3/b20-14+/t22-/m0/s1. The van der Waals surface area contributed by atoms with Crippen LogP contribution in [-0.2, 0) is 4.79 Å². The van der Waals surface area contributed by atoms with Gasteiger partial charge in [-0.2, -0.15) is 0 Å². The maximum absolute atomic E-state index is 13.4. The minimum atomic E-state index is -0.479. The Hall–Kier alpha value is -3.25. The van der Waals surface area contributed by atoms with E-state index in [0.717, 1.165) is 16.8 Å². The van der Waals surface area contributed by atoms with Gasteiger partial charge in [-0.1, -0.05) is 53.8 Å². The van der Waals surface area contributed by atoms with Crippen molar-refractivity contribution in [3.05, 3.63) is 96.7 Å². The van der Waals surface area contributed by atoms with Gasteiger partial charge in [0.1, 0.15) is 0 Å². The fourth-order valence-corrected chi connectivity index (χ4v) is 4.79. The molecule has 0 saturated heterocycles. The summed E-state index contributed by atoms with van der Waals surface area (Å²) in [5.41, 5.74) is 4.00. The maximum atomic E-state index is 13.4.